The predicted molar refractivity (Wildman–Crippen MR) is 106 cm³/mol. The van der Waals surface area contributed by atoms with Crippen molar-refractivity contribution in [1.29, 1.82) is 0 Å². The Morgan fingerprint density at radius 3 is 2.69 bits per heavy atom. The number of nitrogens with one attached hydrogen (secondary N) is 1. The van der Waals surface area contributed by atoms with Crippen molar-refractivity contribution < 1.29 is 19.2 Å². The molecule has 0 bridgehead atoms. The van der Waals surface area contributed by atoms with Gasteiger partial charge in [-0.05, 0) is 25.8 Å². The van der Waals surface area contributed by atoms with E-state index in [0.29, 0.717) is 38.3 Å². The van der Waals surface area contributed by atoms with Gasteiger partial charge in [0.25, 0.3) is 0 Å². The minimum atomic E-state index is -0.438. The van der Waals surface area contributed by atoms with Gasteiger partial charge in [0.1, 0.15) is 6.33 Å². The number of carbonyl (C=O) groups excluding carboxylic acids is 1. The molecule has 0 radical (unpaired) electrons. The summed E-state index contributed by atoms with van der Waals surface area (Å²) in [4.78, 5) is 35.4. The van der Waals surface area contributed by atoms with Crippen LogP contribution in [0.25, 0.3) is 0 Å². The van der Waals surface area contributed by atoms with Crippen LogP contribution in [-0.4, -0.2) is 85.4 Å². The Morgan fingerprint density at radius 2 is 2.03 bits per heavy atom. The third-order valence-electron chi connectivity index (χ3n) is 5.36. The molecule has 29 heavy (non-hydrogen) atoms. The van der Waals surface area contributed by atoms with Crippen LogP contribution < -0.4 is 10.2 Å². The molecule has 2 saturated heterocycles. The molecule has 0 aromatic carbocycles. The molecule has 0 spiro atoms. The summed E-state index contributed by atoms with van der Waals surface area (Å²) in [6.45, 7) is 5.84. The molecule has 0 unspecified atom stereocenters. The zero-order valence-electron chi connectivity index (χ0n) is 16.7. The van der Waals surface area contributed by atoms with E-state index in [1.807, 2.05) is 4.90 Å². The smallest absolute Gasteiger partial charge is 0.353 e. The van der Waals surface area contributed by atoms with Gasteiger partial charge in [0.15, 0.2) is 0 Å². The lowest BCUT2D eigenvalue weighted by molar-refractivity contribution is -0.383. The van der Waals surface area contributed by atoms with Crippen molar-refractivity contribution in [2.45, 2.75) is 19.3 Å². The van der Waals surface area contributed by atoms with Crippen LogP contribution in [0.3, 0.4) is 0 Å². The highest BCUT2D eigenvalue weighted by atomic mass is 16.6. The summed E-state index contributed by atoms with van der Waals surface area (Å²) in [6.07, 6.45) is 3.35. The average molecular weight is 408 g/mol. The molecule has 0 saturated carbocycles. The highest BCUT2D eigenvalue weighted by Gasteiger charge is 2.32. The topological polar surface area (TPSA) is 123 Å². The van der Waals surface area contributed by atoms with Crippen LogP contribution in [0.15, 0.2) is 6.33 Å². The Morgan fingerprint density at radius 1 is 1.31 bits per heavy atom. The molecule has 0 aliphatic carbocycles. The minimum Gasteiger partial charge on any atom is -0.469 e. The fourth-order valence-corrected chi connectivity index (χ4v) is 3.73. The Bertz CT molecular complexity index is 704. The van der Waals surface area contributed by atoms with Gasteiger partial charge in [-0.1, -0.05) is 0 Å². The van der Waals surface area contributed by atoms with Crippen molar-refractivity contribution in [2.24, 2.45) is 5.92 Å². The summed E-state index contributed by atoms with van der Waals surface area (Å²) in [5.41, 5.74) is -0.115. The number of methoxy groups -OCH3 is 1. The number of piperidine rings is 1. The summed E-state index contributed by atoms with van der Waals surface area (Å²) in [6, 6.07) is 0. The number of nitrogens with zero attached hydrogens (tertiary/aromatic N) is 5. The number of aromatic nitrogens is 2. The second-order valence-corrected chi connectivity index (χ2v) is 7.17. The number of hydrogen-bond acceptors (Lipinski definition) is 10. The largest absolute Gasteiger partial charge is 0.469 e. The number of esters is 1. The summed E-state index contributed by atoms with van der Waals surface area (Å²) in [7, 11) is 1.38. The average Bonchev–Trinajstić information content (AvgIpc) is 2.76. The number of morpholine rings is 1. The van der Waals surface area contributed by atoms with E-state index in [1.54, 1.807) is 0 Å². The van der Waals surface area contributed by atoms with Gasteiger partial charge in [0, 0.05) is 32.7 Å². The minimum absolute atomic E-state index is 0.115. The van der Waals surface area contributed by atoms with E-state index in [0.717, 1.165) is 39.3 Å². The lowest BCUT2D eigenvalue weighted by Gasteiger charge is -2.31. The van der Waals surface area contributed by atoms with Crippen LogP contribution >= 0.6 is 0 Å². The second-order valence-electron chi connectivity index (χ2n) is 7.17. The van der Waals surface area contributed by atoms with Gasteiger partial charge in [0.2, 0.25) is 11.6 Å². The quantitative estimate of drug-likeness (QED) is 0.287. The Kier molecular flexibility index (Phi) is 7.53. The number of nitro groups is 1. The fourth-order valence-electron chi connectivity index (χ4n) is 3.73. The molecule has 2 aliphatic heterocycles. The maximum Gasteiger partial charge on any atom is 0.353 e. The molecule has 1 aromatic heterocycles. The first-order valence-electron chi connectivity index (χ1n) is 9.96. The molecule has 2 aliphatic rings. The number of anilines is 2. The third kappa shape index (κ3) is 5.51. The van der Waals surface area contributed by atoms with Gasteiger partial charge in [-0.15, -0.1) is 0 Å². The van der Waals surface area contributed by atoms with Crippen LogP contribution in [0, 0.1) is 16.0 Å². The molecule has 3 heterocycles. The van der Waals surface area contributed by atoms with E-state index in [-0.39, 0.29) is 23.4 Å². The van der Waals surface area contributed by atoms with Crippen LogP contribution in [0.1, 0.15) is 19.3 Å². The van der Waals surface area contributed by atoms with Crippen LogP contribution in [-0.2, 0) is 14.3 Å². The normalized spacial score (nSPS) is 18.4. The fraction of sp³-hybridized carbons (Fsp3) is 0.722. The Balaban J connectivity index is 1.60. The molecular weight excluding hydrogens is 380 g/mol. The molecule has 11 heteroatoms. The van der Waals surface area contributed by atoms with E-state index < -0.39 is 4.92 Å². The van der Waals surface area contributed by atoms with Gasteiger partial charge in [-0.2, -0.15) is 0 Å². The van der Waals surface area contributed by atoms with Crippen molar-refractivity contribution >= 4 is 23.3 Å². The molecule has 1 aromatic rings. The van der Waals surface area contributed by atoms with E-state index in [4.69, 9.17) is 9.47 Å². The van der Waals surface area contributed by atoms with Gasteiger partial charge < -0.3 is 19.7 Å². The zero-order chi connectivity index (χ0) is 20.6. The number of rotatable bonds is 8. The Hall–Kier alpha value is -2.53. The molecule has 3 rings (SSSR count). The van der Waals surface area contributed by atoms with Crippen LogP contribution in [0.5, 0.6) is 0 Å². The van der Waals surface area contributed by atoms with Crippen molar-refractivity contribution in [1.82, 2.24) is 14.9 Å². The Labute approximate surface area is 169 Å². The van der Waals surface area contributed by atoms with Crippen LogP contribution in [0.2, 0.25) is 0 Å². The van der Waals surface area contributed by atoms with E-state index in [9.17, 15) is 14.9 Å². The van der Waals surface area contributed by atoms with E-state index in [1.165, 1.54) is 13.4 Å². The van der Waals surface area contributed by atoms with Gasteiger partial charge >= 0.3 is 11.7 Å². The first-order valence-corrected chi connectivity index (χ1v) is 9.96. The molecule has 1 N–H and O–H groups in total. The standard InChI is InChI=1S/C18H28N6O5/c1-28-18(25)14-3-7-23(8-4-14)17-15(24(26)27)16(20-13-21-17)19-5-2-6-22-9-11-29-12-10-22/h13-14H,2-12H2,1H3,(H,19,20,21). The molecule has 0 atom stereocenters. The van der Waals surface area contributed by atoms with Crippen molar-refractivity contribution in [3.05, 3.63) is 16.4 Å². The lowest BCUT2D eigenvalue weighted by atomic mass is 9.97. The molecular formula is C18H28N6O5. The third-order valence-corrected chi connectivity index (χ3v) is 5.36. The monoisotopic (exact) mass is 408 g/mol. The summed E-state index contributed by atoms with van der Waals surface area (Å²) in [5, 5.41) is 14.8. The highest BCUT2D eigenvalue weighted by Crippen LogP contribution is 2.34. The maximum atomic E-state index is 11.7. The summed E-state index contributed by atoms with van der Waals surface area (Å²) >= 11 is 0. The van der Waals surface area contributed by atoms with E-state index in [2.05, 4.69) is 20.2 Å². The van der Waals surface area contributed by atoms with Gasteiger partial charge in [-0.3, -0.25) is 19.8 Å². The van der Waals surface area contributed by atoms with Gasteiger partial charge in [-0.25, -0.2) is 9.97 Å². The van der Waals surface area contributed by atoms with Crippen molar-refractivity contribution in [3.63, 3.8) is 0 Å². The lowest BCUT2D eigenvalue weighted by Crippen LogP contribution is -2.37. The molecule has 11 nitrogen and oxygen atoms in total. The number of hydrogen-bond donors (Lipinski definition) is 1. The SMILES string of the molecule is COC(=O)C1CCN(c2ncnc(NCCCN3CCOCC3)c2[N+](=O)[O-])CC1. The second kappa shape index (κ2) is 10.3. The predicted octanol–water partition coefficient (Wildman–Crippen LogP) is 0.908. The van der Waals surface area contributed by atoms with E-state index >= 15 is 0 Å². The summed E-state index contributed by atoms with van der Waals surface area (Å²) in [5.74, 6) is 0.125. The molecule has 0 amide bonds. The molecule has 160 valence electrons. The maximum absolute atomic E-state index is 11.7. The number of ether oxygens (including phenoxy) is 2. The van der Waals surface area contributed by atoms with Crippen molar-refractivity contribution in [2.75, 3.05) is 69.8 Å². The summed E-state index contributed by atoms with van der Waals surface area (Å²) < 4.78 is 10.1. The first-order chi connectivity index (χ1) is 14.1. The zero-order valence-corrected chi connectivity index (χ0v) is 16.7. The first kappa shape index (κ1) is 21.2. The number of carbonyl (C=O) groups is 1. The van der Waals surface area contributed by atoms with Crippen molar-refractivity contribution in [3.8, 4) is 0 Å². The molecule has 2 fully saturated rings. The van der Waals surface area contributed by atoms with Crippen LogP contribution in [0.4, 0.5) is 17.3 Å². The highest BCUT2D eigenvalue weighted by molar-refractivity contribution is 5.74. The van der Waals surface area contributed by atoms with Gasteiger partial charge in [0.05, 0.1) is 31.2 Å².